The third-order valence-corrected chi connectivity index (χ3v) is 6.84. The molecular weight excluding hydrogens is 571 g/mol. The van der Waals surface area contributed by atoms with Crippen LogP contribution in [0, 0.1) is 3.57 Å². The van der Waals surface area contributed by atoms with Crippen molar-refractivity contribution in [2.24, 2.45) is 0 Å². The number of carbonyl (C=O) groups excluding carboxylic acids is 2. The minimum atomic E-state index is -3.36. The standard InChI is InChI=1S/C25H26F2IN3O4/c1-3-35-21-11-17(28)5-7-19(21)25(26,27)14(2)29-12-15-4-6-18-16(10-15)13-31(24(18)34)20-8-9-22(32)30-23(20)33/h4-7,10-11,20,22,29,32H,2-3,8-9,12-13H2,1H3,(H,30,33). The van der Waals surface area contributed by atoms with Gasteiger partial charge < -0.3 is 25.4 Å². The van der Waals surface area contributed by atoms with Crippen molar-refractivity contribution < 1.29 is 28.2 Å². The van der Waals surface area contributed by atoms with Crippen molar-refractivity contribution >= 4 is 34.4 Å². The Morgan fingerprint density at radius 3 is 2.77 bits per heavy atom. The number of allylic oxidation sites excluding steroid dienone is 1. The molecule has 7 nitrogen and oxygen atoms in total. The number of nitrogens with zero attached hydrogens (tertiary/aromatic N) is 1. The summed E-state index contributed by atoms with van der Waals surface area (Å²) in [7, 11) is 0. The quantitative estimate of drug-likeness (QED) is 0.405. The van der Waals surface area contributed by atoms with Gasteiger partial charge in [-0.25, -0.2) is 0 Å². The Balaban J connectivity index is 1.45. The highest BCUT2D eigenvalue weighted by molar-refractivity contribution is 14.1. The van der Waals surface area contributed by atoms with E-state index in [0.717, 1.165) is 9.13 Å². The van der Waals surface area contributed by atoms with Gasteiger partial charge in [-0.2, -0.15) is 8.78 Å². The molecule has 4 rings (SSSR count). The van der Waals surface area contributed by atoms with Crippen LogP contribution >= 0.6 is 22.6 Å². The van der Waals surface area contributed by atoms with Gasteiger partial charge in [-0.15, -0.1) is 0 Å². The fourth-order valence-electron chi connectivity index (χ4n) is 4.35. The highest BCUT2D eigenvalue weighted by Gasteiger charge is 2.40. The minimum absolute atomic E-state index is 0.0837. The summed E-state index contributed by atoms with van der Waals surface area (Å²) in [5, 5.41) is 14.8. The summed E-state index contributed by atoms with van der Waals surface area (Å²) < 4.78 is 36.6. The molecular formula is C25H26F2IN3O4. The molecule has 0 spiro atoms. The number of hydrogen-bond donors (Lipinski definition) is 3. The van der Waals surface area contributed by atoms with E-state index in [1.54, 1.807) is 37.3 Å². The van der Waals surface area contributed by atoms with Crippen molar-refractivity contribution in [3.63, 3.8) is 0 Å². The van der Waals surface area contributed by atoms with E-state index in [1.165, 1.54) is 11.0 Å². The summed E-state index contributed by atoms with van der Waals surface area (Å²) >= 11 is 2.04. The number of fused-ring (bicyclic) bond motifs is 1. The molecule has 1 fully saturated rings. The molecule has 2 atom stereocenters. The number of amides is 2. The summed E-state index contributed by atoms with van der Waals surface area (Å²) in [5.74, 6) is -3.89. The lowest BCUT2D eigenvalue weighted by Gasteiger charge is -2.32. The van der Waals surface area contributed by atoms with Gasteiger partial charge >= 0.3 is 5.92 Å². The van der Waals surface area contributed by atoms with E-state index in [-0.39, 0.29) is 42.8 Å². The van der Waals surface area contributed by atoms with Crippen LogP contribution in [-0.4, -0.2) is 40.7 Å². The number of aliphatic hydroxyl groups is 1. The van der Waals surface area contributed by atoms with Gasteiger partial charge in [0.15, 0.2) is 0 Å². The van der Waals surface area contributed by atoms with Gasteiger partial charge in [0.2, 0.25) is 5.91 Å². The molecule has 3 N–H and O–H groups in total. The first kappa shape index (κ1) is 25.4. The lowest BCUT2D eigenvalue weighted by atomic mass is 10.0. The lowest BCUT2D eigenvalue weighted by Crippen LogP contribution is -2.54. The van der Waals surface area contributed by atoms with Gasteiger partial charge in [0.25, 0.3) is 5.91 Å². The first-order valence-electron chi connectivity index (χ1n) is 11.3. The summed E-state index contributed by atoms with van der Waals surface area (Å²) in [4.78, 5) is 26.6. The van der Waals surface area contributed by atoms with E-state index in [0.29, 0.717) is 24.0 Å². The van der Waals surface area contributed by atoms with Gasteiger partial charge in [0.05, 0.1) is 17.9 Å². The largest absolute Gasteiger partial charge is 0.493 e. The zero-order chi connectivity index (χ0) is 25.3. The smallest absolute Gasteiger partial charge is 0.315 e. The average molecular weight is 597 g/mol. The van der Waals surface area contributed by atoms with Crippen molar-refractivity contribution in [2.75, 3.05) is 6.61 Å². The summed E-state index contributed by atoms with van der Waals surface area (Å²) in [6.07, 6.45) is -0.154. The number of ether oxygens (including phenoxy) is 1. The predicted molar refractivity (Wildman–Crippen MR) is 134 cm³/mol. The molecule has 10 heteroatoms. The second-order valence-electron chi connectivity index (χ2n) is 8.52. The molecule has 0 radical (unpaired) electrons. The van der Waals surface area contributed by atoms with Gasteiger partial charge in [0.1, 0.15) is 18.0 Å². The van der Waals surface area contributed by atoms with Crippen LogP contribution in [0.2, 0.25) is 0 Å². The topological polar surface area (TPSA) is 90.9 Å². The number of aliphatic hydroxyl groups excluding tert-OH is 1. The Hall–Kier alpha value is -2.73. The van der Waals surface area contributed by atoms with E-state index in [9.17, 15) is 14.7 Å². The van der Waals surface area contributed by atoms with E-state index < -0.39 is 23.9 Å². The molecule has 0 bridgehead atoms. The number of nitrogens with one attached hydrogen (secondary N) is 2. The van der Waals surface area contributed by atoms with Gasteiger partial charge in [0, 0.05) is 22.2 Å². The number of rotatable bonds is 8. The third kappa shape index (κ3) is 5.13. The zero-order valence-electron chi connectivity index (χ0n) is 19.1. The fourth-order valence-corrected chi connectivity index (χ4v) is 4.81. The number of piperidine rings is 1. The minimum Gasteiger partial charge on any atom is -0.493 e. The molecule has 2 unspecified atom stereocenters. The highest BCUT2D eigenvalue weighted by atomic mass is 127. The fraction of sp³-hybridized carbons (Fsp3) is 0.360. The van der Waals surface area contributed by atoms with Crippen LogP contribution in [0.15, 0.2) is 48.7 Å². The van der Waals surface area contributed by atoms with Crippen LogP contribution < -0.4 is 15.4 Å². The molecule has 0 aromatic heterocycles. The van der Waals surface area contributed by atoms with E-state index in [2.05, 4.69) is 17.2 Å². The number of halogens is 3. The summed E-state index contributed by atoms with van der Waals surface area (Å²) in [5.41, 5.74) is 1.18. The van der Waals surface area contributed by atoms with E-state index in [4.69, 9.17) is 4.74 Å². The van der Waals surface area contributed by atoms with Crippen LogP contribution in [0.3, 0.4) is 0 Å². The summed E-state index contributed by atoms with van der Waals surface area (Å²) in [6, 6.07) is 8.98. The molecule has 2 aliphatic rings. The van der Waals surface area contributed by atoms with Crippen LogP contribution in [0.1, 0.15) is 46.8 Å². The first-order chi connectivity index (χ1) is 16.6. The average Bonchev–Trinajstić information content (AvgIpc) is 3.13. The van der Waals surface area contributed by atoms with E-state index in [1.807, 2.05) is 22.6 Å². The predicted octanol–water partition coefficient (Wildman–Crippen LogP) is 3.64. The molecule has 0 saturated carbocycles. The SMILES string of the molecule is C=C(NCc1ccc2c(c1)CN(C1CCC(O)NC1=O)C2=O)C(F)(F)c1ccc(I)cc1OCC. The van der Waals surface area contributed by atoms with Crippen molar-refractivity contribution in [1.82, 2.24) is 15.5 Å². The lowest BCUT2D eigenvalue weighted by molar-refractivity contribution is -0.132. The van der Waals surface area contributed by atoms with Crippen molar-refractivity contribution in [3.05, 3.63) is 74.5 Å². The molecule has 0 aliphatic carbocycles. The maximum absolute atomic E-state index is 15.2. The molecule has 186 valence electrons. The number of carbonyl (C=O) groups is 2. The summed E-state index contributed by atoms with van der Waals surface area (Å²) in [6.45, 7) is 5.89. The maximum Gasteiger partial charge on any atom is 0.315 e. The van der Waals surface area contributed by atoms with Crippen LogP contribution in [0.5, 0.6) is 5.75 Å². The Bertz CT molecular complexity index is 1170. The van der Waals surface area contributed by atoms with Gasteiger partial charge in [-0.05, 0) is 77.7 Å². The van der Waals surface area contributed by atoms with Gasteiger partial charge in [-0.1, -0.05) is 18.7 Å². The number of hydrogen-bond acceptors (Lipinski definition) is 5. The van der Waals surface area contributed by atoms with Crippen molar-refractivity contribution in [3.8, 4) is 5.75 Å². The first-order valence-corrected chi connectivity index (χ1v) is 12.3. The molecule has 35 heavy (non-hydrogen) atoms. The second kappa shape index (κ2) is 10.1. The number of alkyl halides is 2. The Morgan fingerprint density at radius 1 is 1.29 bits per heavy atom. The van der Waals surface area contributed by atoms with Gasteiger partial charge in [-0.3, -0.25) is 9.59 Å². The van der Waals surface area contributed by atoms with Crippen molar-refractivity contribution in [1.29, 1.82) is 0 Å². The molecule has 2 amide bonds. The highest BCUT2D eigenvalue weighted by Crippen LogP contribution is 2.40. The second-order valence-corrected chi connectivity index (χ2v) is 9.77. The number of benzene rings is 2. The van der Waals surface area contributed by atoms with Crippen LogP contribution in [-0.2, 0) is 23.8 Å². The Kier molecular flexibility index (Phi) is 7.32. The molecule has 2 aromatic rings. The molecule has 2 aliphatic heterocycles. The Morgan fingerprint density at radius 2 is 2.06 bits per heavy atom. The molecule has 2 heterocycles. The third-order valence-electron chi connectivity index (χ3n) is 6.17. The normalized spacial score (nSPS) is 19.9. The van der Waals surface area contributed by atoms with Crippen LogP contribution in [0.25, 0.3) is 0 Å². The molecule has 2 aromatic carbocycles. The zero-order valence-corrected chi connectivity index (χ0v) is 21.3. The Labute approximate surface area is 215 Å². The van der Waals surface area contributed by atoms with E-state index >= 15 is 8.78 Å². The van der Waals surface area contributed by atoms with Crippen molar-refractivity contribution in [2.45, 2.75) is 51.0 Å². The monoisotopic (exact) mass is 597 g/mol. The van der Waals surface area contributed by atoms with Crippen LogP contribution in [0.4, 0.5) is 8.78 Å². The maximum atomic E-state index is 15.2. The molecule has 1 saturated heterocycles.